The quantitative estimate of drug-likeness (QED) is 0.391. The number of amides is 2. The van der Waals surface area contributed by atoms with Crippen LogP contribution in [0.5, 0.6) is 0 Å². The van der Waals surface area contributed by atoms with Gasteiger partial charge < -0.3 is 5.32 Å². The minimum Gasteiger partial charge on any atom is -0.326 e. The summed E-state index contributed by atoms with van der Waals surface area (Å²) in [6, 6.07) is 7.18. The van der Waals surface area contributed by atoms with E-state index in [-0.39, 0.29) is 11.8 Å². The van der Waals surface area contributed by atoms with Crippen LogP contribution in [0.2, 0.25) is 0 Å². The number of nitrogens with one attached hydrogen (secondary N) is 2. The summed E-state index contributed by atoms with van der Waals surface area (Å²) in [4.78, 5) is 23.1. The third-order valence-corrected chi connectivity index (χ3v) is 3.36. The molecule has 0 radical (unpaired) electrons. The van der Waals surface area contributed by atoms with Crippen LogP contribution in [0, 0.1) is 5.92 Å². The minimum atomic E-state index is -0.584. The average molecular weight is 304 g/mol. The van der Waals surface area contributed by atoms with Gasteiger partial charge in [0, 0.05) is 17.7 Å². The van der Waals surface area contributed by atoms with Gasteiger partial charge in [0.05, 0.1) is 0 Å². The second-order valence-electron chi connectivity index (χ2n) is 5.19. The van der Waals surface area contributed by atoms with Gasteiger partial charge in [-0.1, -0.05) is 38.8 Å². The second kappa shape index (κ2) is 9.73. The zero-order valence-corrected chi connectivity index (χ0v) is 13.1. The fourth-order valence-electron chi connectivity index (χ4n) is 2.23. The molecule has 0 aliphatic carbocycles. The van der Waals surface area contributed by atoms with E-state index in [0.717, 1.165) is 36.9 Å². The van der Waals surface area contributed by atoms with Gasteiger partial charge in [0.1, 0.15) is 0 Å². The predicted molar refractivity (Wildman–Crippen MR) is 87.3 cm³/mol. The highest BCUT2D eigenvalue weighted by Crippen LogP contribution is 2.17. The van der Waals surface area contributed by atoms with Gasteiger partial charge in [-0.3, -0.25) is 14.8 Å². The Balaban J connectivity index is 2.64. The summed E-state index contributed by atoms with van der Waals surface area (Å²) in [7, 11) is 0. The number of anilines is 1. The highest BCUT2D eigenvalue weighted by molar-refractivity contribution is 5.93. The first kappa shape index (κ1) is 17.9. The normalized spacial score (nSPS) is 10.9. The maximum absolute atomic E-state index is 12.2. The molecule has 0 atom stereocenters. The molecule has 0 fully saturated rings. The third-order valence-electron chi connectivity index (χ3n) is 3.36. The first-order valence-electron chi connectivity index (χ1n) is 7.63. The van der Waals surface area contributed by atoms with Crippen LogP contribution in [-0.2, 0) is 9.59 Å². The van der Waals surface area contributed by atoms with Gasteiger partial charge in [-0.15, -0.1) is 0 Å². The second-order valence-corrected chi connectivity index (χ2v) is 5.19. The van der Waals surface area contributed by atoms with E-state index in [1.165, 1.54) is 11.6 Å². The predicted octanol–water partition coefficient (Wildman–Crippen LogP) is 3.36. The SMILES string of the molecule is CCCC(CCC)C(=O)Nc1ccc(/C=C/C(=O)NO)cc1. The molecule has 0 unspecified atom stereocenters. The van der Waals surface area contributed by atoms with Gasteiger partial charge in [0.15, 0.2) is 0 Å². The van der Waals surface area contributed by atoms with Crippen molar-refractivity contribution in [3.05, 3.63) is 35.9 Å². The molecular formula is C17H24N2O3. The van der Waals surface area contributed by atoms with Crippen molar-refractivity contribution in [2.45, 2.75) is 39.5 Å². The van der Waals surface area contributed by atoms with E-state index in [2.05, 4.69) is 19.2 Å². The summed E-state index contributed by atoms with van der Waals surface area (Å²) >= 11 is 0. The van der Waals surface area contributed by atoms with E-state index in [4.69, 9.17) is 5.21 Å². The lowest BCUT2D eigenvalue weighted by Gasteiger charge is -2.15. The van der Waals surface area contributed by atoms with Crippen molar-refractivity contribution in [3.8, 4) is 0 Å². The van der Waals surface area contributed by atoms with E-state index >= 15 is 0 Å². The molecule has 0 aromatic heterocycles. The number of carbonyl (C=O) groups excluding carboxylic acids is 2. The highest BCUT2D eigenvalue weighted by Gasteiger charge is 2.16. The van der Waals surface area contributed by atoms with Gasteiger partial charge >= 0.3 is 0 Å². The van der Waals surface area contributed by atoms with Crippen molar-refractivity contribution in [2.75, 3.05) is 5.32 Å². The lowest BCUT2D eigenvalue weighted by Crippen LogP contribution is -2.22. The summed E-state index contributed by atoms with van der Waals surface area (Å²) < 4.78 is 0. The molecule has 1 aromatic rings. The van der Waals surface area contributed by atoms with Crippen LogP contribution in [0.1, 0.15) is 45.1 Å². The molecule has 1 rings (SSSR count). The van der Waals surface area contributed by atoms with Crippen molar-refractivity contribution in [3.63, 3.8) is 0 Å². The monoisotopic (exact) mass is 304 g/mol. The van der Waals surface area contributed by atoms with Crippen LogP contribution >= 0.6 is 0 Å². The first-order valence-corrected chi connectivity index (χ1v) is 7.63. The van der Waals surface area contributed by atoms with Crippen LogP contribution in [0.15, 0.2) is 30.3 Å². The largest absolute Gasteiger partial charge is 0.326 e. The Morgan fingerprint density at radius 3 is 2.23 bits per heavy atom. The van der Waals surface area contributed by atoms with Crippen LogP contribution < -0.4 is 10.8 Å². The Morgan fingerprint density at radius 1 is 1.14 bits per heavy atom. The molecule has 0 saturated heterocycles. The van der Waals surface area contributed by atoms with Crippen molar-refractivity contribution in [1.82, 2.24) is 5.48 Å². The van der Waals surface area contributed by atoms with E-state index in [1.807, 2.05) is 0 Å². The van der Waals surface area contributed by atoms with Crippen molar-refractivity contribution in [2.24, 2.45) is 5.92 Å². The van der Waals surface area contributed by atoms with Crippen molar-refractivity contribution < 1.29 is 14.8 Å². The highest BCUT2D eigenvalue weighted by atomic mass is 16.5. The molecule has 120 valence electrons. The molecular weight excluding hydrogens is 280 g/mol. The van der Waals surface area contributed by atoms with E-state index in [0.29, 0.717) is 0 Å². The third kappa shape index (κ3) is 6.10. The number of hydroxylamine groups is 1. The Bertz CT molecular complexity index is 503. The lowest BCUT2D eigenvalue weighted by molar-refractivity contribution is -0.124. The van der Waals surface area contributed by atoms with E-state index < -0.39 is 5.91 Å². The fourth-order valence-corrected chi connectivity index (χ4v) is 2.23. The topological polar surface area (TPSA) is 78.4 Å². The van der Waals surface area contributed by atoms with Crippen molar-refractivity contribution >= 4 is 23.6 Å². The molecule has 1 aromatic carbocycles. The molecule has 0 saturated carbocycles. The summed E-state index contributed by atoms with van der Waals surface area (Å²) in [6.07, 6.45) is 6.59. The summed E-state index contributed by atoms with van der Waals surface area (Å²) in [6.45, 7) is 4.17. The molecule has 0 aliphatic rings. The van der Waals surface area contributed by atoms with Crippen molar-refractivity contribution in [1.29, 1.82) is 0 Å². The average Bonchev–Trinajstić information content (AvgIpc) is 2.53. The van der Waals surface area contributed by atoms with Gasteiger partial charge in [-0.2, -0.15) is 0 Å². The number of carbonyl (C=O) groups is 2. The molecule has 5 heteroatoms. The zero-order chi connectivity index (χ0) is 16.4. The van der Waals surface area contributed by atoms with Crippen LogP contribution in [0.25, 0.3) is 6.08 Å². The van der Waals surface area contributed by atoms with Gasteiger partial charge in [-0.05, 0) is 36.6 Å². The lowest BCUT2D eigenvalue weighted by atomic mass is 9.97. The Hall–Kier alpha value is -2.14. The molecule has 22 heavy (non-hydrogen) atoms. The molecule has 2 amide bonds. The maximum Gasteiger partial charge on any atom is 0.267 e. The molecule has 5 nitrogen and oxygen atoms in total. The van der Waals surface area contributed by atoms with Crippen LogP contribution in [0.3, 0.4) is 0 Å². The summed E-state index contributed by atoms with van der Waals surface area (Å²) in [5, 5.41) is 11.3. The molecule has 0 heterocycles. The minimum absolute atomic E-state index is 0.0582. The maximum atomic E-state index is 12.2. The fraction of sp³-hybridized carbons (Fsp3) is 0.412. The zero-order valence-electron chi connectivity index (χ0n) is 13.1. The number of hydrogen-bond acceptors (Lipinski definition) is 3. The molecule has 0 spiro atoms. The Kier molecular flexibility index (Phi) is 7.92. The molecule has 0 bridgehead atoms. The number of hydrogen-bond donors (Lipinski definition) is 3. The van der Waals surface area contributed by atoms with Gasteiger partial charge in [-0.25, -0.2) is 5.48 Å². The van der Waals surface area contributed by atoms with Gasteiger partial charge in [0.25, 0.3) is 5.91 Å². The van der Waals surface area contributed by atoms with Crippen LogP contribution in [0.4, 0.5) is 5.69 Å². The van der Waals surface area contributed by atoms with E-state index in [9.17, 15) is 9.59 Å². The molecule has 0 aliphatic heterocycles. The summed E-state index contributed by atoms with van der Waals surface area (Å²) in [5.74, 6) is -0.464. The van der Waals surface area contributed by atoms with Gasteiger partial charge in [0.2, 0.25) is 5.91 Å². The Morgan fingerprint density at radius 2 is 1.73 bits per heavy atom. The van der Waals surface area contributed by atoms with E-state index in [1.54, 1.807) is 30.3 Å². The Labute approximate surface area is 131 Å². The standard InChI is InChI=1S/C17H24N2O3/c1-3-5-14(6-4-2)17(21)18-15-10-7-13(8-11-15)9-12-16(20)19-22/h7-12,14,22H,3-6H2,1-2H3,(H,18,21)(H,19,20)/b12-9+. The van der Waals surface area contributed by atoms with Crippen LogP contribution in [-0.4, -0.2) is 17.0 Å². The smallest absolute Gasteiger partial charge is 0.267 e. The molecule has 3 N–H and O–H groups in total. The number of benzene rings is 1. The first-order chi connectivity index (χ1) is 10.6. The summed E-state index contributed by atoms with van der Waals surface area (Å²) in [5.41, 5.74) is 3.07. The number of rotatable bonds is 8.